The maximum absolute atomic E-state index is 12.9. The summed E-state index contributed by atoms with van der Waals surface area (Å²) in [6.07, 6.45) is 0. The maximum atomic E-state index is 12.9. The van der Waals surface area contributed by atoms with Gasteiger partial charge >= 0.3 is 0 Å². The predicted molar refractivity (Wildman–Crippen MR) is 109 cm³/mol. The third-order valence-corrected chi connectivity index (χ3v) is 4.18. The molecule has 144 valence electrons. The van der Waals surface area contributed by atoms with Crippen LogP contribution in [0.4, 0.5) is 10.1 Å². The lowest BCUT2D eigenvalue weighted by Gasteiger charge is -2.10. The summed E-state index contributed by atoms with van der Waals surface area (Å²) in [5.41, 5.74) is 3.94. The fourth-order valence-electron chi connectivity index (χ4n) is 2.68. The molecule has 4 nitrogen and oxygen atoms in total. The van der Waals surface area contributed by atoms with Crippen molar-refractivity contribution in [3.63, 3.8) is 0 Å². The number of benzene rings is 3. The van der Waals surface area contributed by atoms with Crippen molar-refractivity contribution < 1.29 is 13.9 Å². The highest BCUT2D eigenvalue weighted by molar-refractivity contribution is 5.91. The number of hydrogen-bond acceptors (Lipinski definition) is 3. The second-order valence-corrected chi connectivity index (χ2v) is 6.58. The number of nitrogens with one attached hydrogen (secondary N) is 2. The fourth-order valence-corrected chi connectivity index (χ4v) is 2.68. The smallest absolute Gasteiger partial charge is 0.262 e. The van der Waals surface area contributed by atoms with Gasteiger partial charge in [0.1, 0.15) is 11.6 Å². The van der Waals surface area contributed by atoms with E-state index in [0.29, 0.717) is 18.8 Å². The summed E-state index contributed by atoms with van der Waals surface area (Å²) < 4.78 is 18.5. The summed E-state index contributed by atoms with van der Waals surface area (Å²) in [6, 6.07) is 21.6. The fraction of sp³-hybridized carbons (Fsp3) is 0.174. The van der Waals surface area contributed by atoms with Gasteiger partial charge in [0.25, 0.3) is 5.91 Å². The Bertz CT molecular complexity index is 909. The normalized spacial score (nSPS) is 10.5. The van der Waals surface area contributed by atoms with Crippen molar-refractivity contribution in [2.75, 3.05) is 11.9 Å². The van der Waals surface area contributed by atoms with Crippen LogP contribution in [0, 0.1) is 12.7 Å². The molecular formula is C23H23FN2O2. The Balaban J connectivity index is 1.45. The van der Waals surface area contributed by atoms with Crippen LogP contribution >= 0.6 is 0 Å². The first-order chi connectivity index (χ1) is 13.6. The van der Waals surface area contributed by atoms with E-state index in [1.165, 1.54) is 12.1 Å². The minimum Gasteiger partial charge on any atom is -0.484 e. The first-order valence-corrected chi connectivity index (χ1v) is 9.12. The minimum atomic E-state index is -0.236. The van der Waals surface area contributed by atoms with Crippen LogP contribution in [0.5, 0.6) is 5.75 Å². The number of amides is 1. The molecule has 0 bridgehead atoms. The number of aryl methyl sites for hydroxylation is 1. The van der Waals surface area contributed by atoms with E-state index in [-0.39, 0.29) is 18.3 Å². The zero-order valence-electron chi connectivity index (χ0n) is 15.7. The molecule has 0 spiro atoms. The lowest BCUT2D eigenvalue weighted by Crippen LogP contribution is -2.20. The molecule has 3 rings (SSSR count). The predicted octanol–water partition coefficient (Wildman–Crippen LogP) is 4.44. The van der Waals surface area contributed by atoms with Gasteiger partial charge < -0.3 is 15.4 Å². The molecule has 2 N–H and O–H groups in total. The molecule has 0 atom stereocenters. The Morgan fingerprint density at radius 3 is 2.39 bits per heavy atom. The van der Waals surface area contributed by atoms with Crippen LogP contribution in [0.1, 0.15) is 16.7 Å². The summed E-state index contributed by atoms with van der Waals surface area (Å²) in [7, 11) is 0. The summed E-state index contributed by atoms with van der Waals surface area (Å²) in [4.78, 5) is 12.0. The van der Waals surface area contributed by atoms with Gasteiger partial charge in [0.2, 0.25) is 0 Å². The molecule has 0 saturated heterocycles. The largest absolute Gasteiger partial charge is 0.484 e. The van der Waals surface area contributed by atoms with Crippen molar-refractivity contribution in [1.82, 2.24) is 5.32 Å². The van der Waals surface area contributed by atoms with Gasteiger partial charge in [-0.25, -0.2) is 4.39 Å². The average Bonchev–Trinajstić information content (AvgIpc) is 2.70. The lowest BCUT2D eigenvalue weighted by molar-refractivity contribution is -0.118. The maximum Gasteiger partial charge on any atom is 0.262 e. The van der Waals surface area contributed by atoms with Gasteiger partial charge in [-0.05, 0) is 54.4 Å². The molecule has 0 radical (unpaired) electrons. The molecule has 0 aliphatic rings. The third-order valence-electron chi connectivity index (χ3n) is 4.18. The van der Waals surface area contributed by atoms with Crippen molar-refractivity contribution in [2.24, 2.45) is 0 Å². The highest BCUT2D eigenvalue weighted by Crippen LogP contribution is 2.14. The van der Waals surface area contributed by atoms with E-state index in [1.54, 1.807) is 12.1 Å². The van der Waals surface area contributed by atoms with E-state index in [2.05, 4.69) is 10.6 Å². The Kier molecular flexibility index (Phi) is 6.76. The Hall–Kier alpha value is -3.18. The van der Waals surface area contributed by atoms with Gasteiger partial charge in [0, 0.05) is 18.8 Å². The summed E-state index contributed by atoms with van der Waals surface area (Å²) in [5.74, 6) is 0.198. The number of hydrogen-bond donors (Lipinski definition) is 2. The van der Waals surface area contributed by atoms with Crippen molar-refractivity contribution in [2.45, 2.75) is 20.0 Å². The van der Waals surface area contributed by atoms with Crippen LogP contribution in [0.2, 0.25) is 0 Å². The molecular weight excluding hydrogens is 355 g/mol. The second-order valence-electron chi connectivity index (χ2n) is 6.58. The highest BCUT2D eigenvalue weighted by Gasteiger charge is 2.04. The summed E-state index contributed by atoms with van der Waals surface area (Å²) in [6.45, 7) is 3.23. The molecule has 3 aromatic carbocycles. The van der Waals surface area contributed by atoms with E-state index >= 15 is 0 Å². The van der Waals surface area contributed by atoms with Crippen molar-refractivity contribution in [1.29, 1.82) is 0 Å². The van der Waals surface area contributed by atoms with Crippen LogP contribution in [0.15, 0.2) is 72.8 Å². The summed E-state index contributed by atoms with van der Waals surface area (Å²) >= 11 is 0. The number of anilines is 1. The van der Waals surface area contributed by atoms with Crippen LogP contribution in [-0.4, -0.2) is 12.5 Å². The number of rotatable bonds is 8. The van der Waals surface area contributed by atoms with Crippen LogP contribution in [0.3, 0.4) is 0 Å². The van der Waals surface area contributed by atoms with Gasteiger partial charge in [-0.2, -0.15) is 0 Å². The monoisotopic (exact) mass is 378 g/mol. The number of carbonyl (C=O) groups excluding carboxylic acids is 1. The van der Waals surface area contributed by atoms with E-state index in [0.717, 1.165) is 22.4 Å². The Labute approximate surface area is 164 Å². The molecule has 0 aliphatic heterocycles. The van der Waals surface area contributed by atoms with Gasteiger partial charge in [-0.15, -0.1) is 0 Å². The van der Waals surface area contributed by atoms with E-state index in [1.807, 2.05) is 55.5 Å². The Morgan fingerprint density at radius 1 is 0.929 bits per heavy atom. The lowest BCUT2D eigenvalue weighted by atomic mass is 10.2. The zero-order chi connectivity index (χ0) is 19.8. The summed E-state index contributed by atoms with van der Waals surface area (Å²) in [5, 5.41) is 6.12. The minimum absolute atomic E-state index is 0.0552. The van der Waals surface area contributed by atoms with Crippen LogP contribution in [-0.2, 0) is 17.9 Å². The highest BCUT2D eigenvalue weighted by atomic mass is 19.1. The number of ether oxygens (including phenoxy) is 1. The van der Waals surface area contributed by atoms with Gasteiger partial charge in [0.15, 0.2) is 6.61 Å². The third kappa shape index (κ3) is 6.21. The zero-order valence-corrected chi connectivity index (χ0v) is 15.7. The molecule has 0 saturated carbocycles. The standard InChI is InChI=1S/C23H23FN2O2/c1-17-5-11-21(12-6-17)26-23(27)16-28-22-4-2-3-19(13-22)15-25-14-18-7-9-20(24)10-8-18/h2-13,25H,14-16H2,1H3,(H,26,27). The van der Waals surface area contributed by atoms with E-state index in [9.17, 15) is 9.18 Å². The van der Waals surface area contributed by atoms with Crippen LogP contribution < -0.4 is 15.4 Å². The number of carbonyl (C=O) groups is 1. The molecule has 28 heavy (non-hydrogen) atoms. The van der Waals surface area contributed by atoms with Gasteiger partial charge in [-0.1, -0.05) is 42.0 Å². The quantitative estimate of drug-likeness (QED) is 0.609. The average molecular weight is 378 g/mol. The molecule has 5 heteroatoms. The SMILES string of the molecule is Cc1ccc(NC(=O)COc2cccc(CNCc3ccc(F)cc3)c2)cc1. The van der Waals surface area contributed by atoms with E-state index in [4.69, 9.17) is 4.74 Å². The Morgan fingerprint density at radius 2 is 1.64 bits per heavy atom. The van der Waals surface area contributed by atoms with Crippen molar-refractivity contribution in [3.8, 4) is 5.75 Å². The molecule has 0 aromatic heterocycles. The molecule has 0 heterocycles. The molecule has 3 aromatic rings. The first kappa shape index (κ1) is 19.6. The van der Waals surface area contributed by atoms with Crippen LogP contribution in [0.25, 0.3) is 0 Å². The molecule has 0 aliphatic carbocycles. The van der Waals surface area contributed by atoms with Gasteiger partial charge in [0.05, 0.1) is 0 Å². The topological polar surface area (TPSA) is 50.4 Å². The number of halogens is 1. The van der Waals surface area contributed by atoms with Crippen molar-refractivity contribution >= 4 is 11.6 Å². The molecule has 1 amide bonds. The molecule has 0 fully saturated rings. The van der Waals surface area contributed by atoms with Crippen molar-refractivity contribution in [3.05, 3.63) is 95.3 Å². The van der Waals surface area contributed by atoms with E-state index < -0.39 is 0 Å². The second kappa shape index (κ2) is 9.67. The molecule has 0 unspecified atom stereocenters. The van der Waals surface area contributed by atoms with Gasteiger partial charge in [-0.3, -0.25) is 4.79 Å². The first-order valence-electron chi connectivity index (χ1n) is 9.12.